The van der Waals surface area contributed by atoms with Gasteiger partial charge in [-0.25, -0.2) is 9.00 Å². The average molecular weight is 522 g/mol. The molecule has 1 unspecified atom stereocenters. The van der Waals surface area contributed by atoms with Crippen LogP contribution in [0.3, 0.4) is 0 Å². The Balaban J connectivity index is 1.95. The third-order valence-electron chi connectivity index (χ3n) is 5.28. The Kier molecular flexibility index (Phi) is 7.11. The zero-order valence-electron chi connectivity index (χ0n) is 20.7. The molecule has 0 saturated heterocycles. The summed E-state index contributed by atoms with van der Waals surface area (Å²) >= 11 is 0. The van der Waals surface area contributed by atoms with E-state index < -0.39 is 32.3 Å². The van der Waals surface area contributed by atoms with Gasteiger partial charge in [-0.3, -0.25) is 14.3 Å². The maximum atomic E-state index is 12.6. The Morgan fingerprint density at radius 3 is 2.39 bits per heavy atom. The van der Waals surface area contributed by atoms with Crippen molar-refractivity contribution in [3.63, 3.8) is 0 Å². The quantitative estimate of drug-likeness (QED) is 0.388. The molecular weight excluding hydrogens is 494 g/mol. The van der Waals surface area contributed by atoms with Crippen LogP contribution in [0.5, 0.6) is 5.75 Å². The minimum Gasteiger partial charge on any atom is -0.495 e. The van der Waals surface area contributed by atoms with Crippen molar-refractivity contribution in [2.75, 3.05) is 36.9 Å². The third kappa shape index (κ3) is 5.73. The minimum atomic E-state index is -1.16. The lowest BCUT2D eigenvalue weighted by Gasteiger charge is -2.17. The first-order valence-corrected chi connectivity index (χ1v) is 15.4. The van der Waals surface area contributed by atoms with Gasteiger partial charge in [-0.15, -0.1) is 0 Å². The molecule has 0 amide bonds. The highest BCUT2D eigenvalue weighted by atomic mass is 32.3. The number of nitrogens with one attached hydrogen (secondary N) is 2. The Morgan fingerprint density at radius 1 is 1.00 bits per heavy atom. The highest BCUT2D eigenvalue weighted by Gasteiger charge is 2.15. The zero-order valence-corrected chi connectivity index (χ0v) is 22.3. The van der Waals surface area contributed by atoms with Gasteiger partial charge in [-0.05, 0) is 70.7 Å². The molecule has 3 aromatic carbocycles. The van der Waals surface area contributed by atoms with Crippen molar-refractivity contribution in [3.8, 4) is 33.7 Å². The Morgan fingerprint density at radius 2 is 1.72 bits per heavy atom. The van der Waals surface area contributed by atoms with Gasteiger partial charge in [0.2, 0.25) is 0 Å². The molecule has 0 fully saturated rings. The molecule has 4 rings (SSSR count). The van der Waals surface area contributed by atoms with E-state index in [4.69, 9.17) is 4.74 Å². The first-order chi connectivity index (χ1) is 17.0. The topological polar surface area (TPSA) is 93.2 Å². The lowest BCUT2D eigenvalue weighted by molar-refractivity contribution is 0.415. The van der Waals surface area contributed by atoms with Gasteiger partial charge in [0.05, 0.1) is 18.4 Å². The van der Waals surface area contributed by atoms with E-state index in [1.54, 1.807) is 19.4 Å². The van der Waals surface area contributed by atoms with Crippen molar-refractivity contribution >= 4 is 37.5 Å². The third-order valence-corrected chi connectivity index (χ3v) is 6.52. The second-order valence-electron chi connectivity index (χ2n) is 8.95. The van der Waals surface area contributed by atoms with Crippen LogP contribution >= 0.6 is 10.0 Å². The van der Waals surface area contributed by atoms with E-state index in [2.05, 4.69) is 39.6 Å². The SMILES string of the molecule is COc1c(C#CS(C)(C)C)cc(-n2ccc(=O)[nH]c2=O)cc1-c1ccc2cc(NS(C)=O)ccc2c1. The molecule has 9 heteroatoms. The summed E-state index contributed by atoms with van der Waals surface area (Å²) in [7, 11) is -0.678. The lowest BCUT2D eigenvalue weighted by Crippen LogP contribution is -2.27. The van der Waals surface area contributed by atoms with E-state index in [0.717, 1.165) is 27.6 Å². The fourth-order valence-corrected chi connectivity index (χ4v) is 4.63. The van der Waals surface area contributed by atoms with E-state index in [1.165, 1.54) is 16.8 Å². The summed E-state index contributed by atoms with van der Waals surface area (Å²) in [6.45, 7) is 0. The molecule has 1 aromatic heterocycles. The largest absolute Gasteiger partial charge is 0.495 e. The predicted molar refractivity (Wildman–Crippen MR) is 152 cm³/mol. The molecule has 36 heavy (non-hydrogen) atoms. The smallest absolute Gasteiger partial charge is 0.332 e. The number of nitrogens with zero attached hydrogens (tertiary/aromatic N) is 1. The highest BCUT2D eigenvalue weighted by Crippen LogP contribution is 2.38. The molecule has 0 aliphatic rings. The van der Waals surface area contributed by atoms with Crippen LogP contribution in [0.2, 0.25) is 0 Å². The van der Waals surface area contributed by atoms with Crippen molar-refractivity contribution in [1.82, 2.24) is 9.55 Å². The van der Waals surface area contributed by atoms with Gasteiger partial charge < -0.3 is 9.46 Å². The molecule has 0 spiro atoms. The van der Waals surface area contributed by atoms with Gasteiger partial charge in [0.1, 0.15) is 16.7 Å². The minimum absolute atomic E-state index is 0.461. The molecule has 0 radical (unpaired) electrons. The number of ether oxygens (including phenoxy) is 1. The molecule has 0 aliphatic carbocycles. The van der Waals surface area contributed by atoms with Gasteiger partial charge in [-0.1, -0.05) is 24.1 Å². The van der Waals surface area contributed by atoms with Gasteiger partial charge in [0.25, 0.3) is 5.56 Å². The van der Waals surface area contributed by atoms with E-state index in [-0.39, 0.29) is 0 Å². The van der Waals surface area contributed by atoms with Crippen LogP contribution in [-0.4, -0.2) is 45.9 Å². The van der Waals surface area contributed by atoms with Gasteiger partial charge in [-0.2, -0.15) is 10.0 Å². The number of methoxy groups -OCH3 is 1. The Bertz CT molecular complexity index is 1670. The standard InChI is InChI=1S/C27H27N3O4S2/c1-34-26-21(11-13-36(3,4)5)16-23(30-12-10-25(31)28-27(30)32)17-24(26)20-7-6-19-15-22(29-35(2)33)9-8-18(19)14-20/h6-10,12,14-17,29H,1-5H3,(H,28,31,32). The Labute approximate surface area is 213 Å². The molecular formula is C27H27N3O4S2. The van der Waals surface area contributed by atoms with Gasteiger partial charge in [0.15, 0.2) is 0 Å². The molecule has 1 atom stereocenters. The molecule has 2 N–H and O–H groups in total. The molecule has 7 nitrogen and oxygen atoms in total. The van der Waals surface area contributed by atoms with Crippen LogP contribution in [-0.2, 0) is 11.0 Å². The van der Waals surface area contributed by atoms with Crippen molar-refractivity contribution in [3.05, 3.63) is 87.2 Å². The van der Waals surface area contributed by atoms with Crippen LogP contribution in [0, 0.1) is 11.2 Å². The fourth-order valence-electron chi connectivity index (χ4n) is 3.75. The highest BCUT2D eigenvalue weighted by molar-refractivity contribution is 8.36. The van der Waals surface area contributed by atoms with Crippen molar-refractivity contribution < 1.29 is 8.95 Å². The maximum absolute atomic E-state index is 12.6. The summed E-state index contributed by atoms with van der Waals surface area (Å²) in [6.07, 6.45) is 9.34. The number of hydrogen-bond acceptors (Lipinski definition) is 4. The maximum Gasteiger partial charge on any atom is 0.332 e. The Hall–Kier alpha value is -3.74. The predicted octanol–water partition coefficient (Wildman–Crippen LogP) is 4.06. The molecule has 186 valence electrons. The van der Waals surface area contributed by atoms with E-state index in [1.807, 2.05) is 42.5 Å². The number of hydrogen-bond donors (Lipinski definition) is 2. The number of rotatable bonds is 5. The number of H-pyrrole nitrogens is 1. The second-order valence-corrected chi connectivity index (χ2v) is 13.9. The molecule has 0 saturated carbocycles. The van der Waals surface area contributed by atoms with Crippen LogP contribution in [0.4, 0.5) is 5.69 Å². The molecule has 4 aromatic rings. The number of aromatic amines is 1. The number of benzene rings is 3. The van der Waals surface area contributed by atoms with Gasteiger partial charge >= 0.3 is 5.69 Å². The second kappa shape index (κ2) is 10.1. The monoisotopic (exact) mass is 521 g/mol. The fraction of sp³-hybridized carbons (Fsp3) is 0.185. The van der Waals surface area contributed by atoms with Crippen molar-refractivity contribution in [2.24, 2.45) is 0 Å². The summed E-state index contributed by atoms with van der Waals surface area (Å²) in [5, 5.41) is 5.29. The summed E-state index contributed by atoms with van der Waals surface area (Å²) < 4.78 is 21.6. The number of aromatic nitrogens is 2. The lowest BCUT2D eigenvalue weighted by atomic mass is 9.97. The van der Waals surface area contributed by atoms with E-state index >= 15 is 0 Å². The first kappa shape index (κ1) is 25.4. The molecule has 0 bridgehead atoms. The molecule has 0 aliphatic heterocycles. The molecule has 1 heterocycles. The number of fused-ring (bicyclic) bond motifs is 1. The zero-order chi connectivity index (χ0) is 26.0. The van der Waals surface area contributed by atoms with Crippen molar-refractivity contribution in [2.45, 2.75) is 0 Å². The summed E-state index contributed by atoms with van der Waals surface area (Å²) in [6, 6.07) is 16.7. The summed E-state index contributed by atoms with van der Waals surface area (Å²) in [4.78, 5) is 26.5. The van der Waals surface area contributed by atoms with Crippen LogP contribution < -0.4 is 20.7 Å². The van der Waals surface area contributed by atoms with Crippen LogP contribution in [0.25, 0.3) is 27.6 Å². The normalized spacial score (nSPS) is 12.5. The van der Waals surface area contributed by atoms with Crippen LogP contribution in [0.1, 0.15) is 5.56 Å². The summed E-state index contributed by atoms with van der Waals surface area (Å²) in [5.41, 5.74) is 2.63. The van der Waals surface area contributed by atoms with Crippen molar-refractivity contribution in [1.29, 1.82) is 0 Å². The van der Waals surface area contributed by atoms with E-state index in [0.29, 0.717) is 17.0 Å². The van der Waals surface area contributed by atoms with E-state index in [9.17, 15) is 13.8 Å². The van der Waals surface area contributed by atoms with Gasteiger partial charge in [0, 0.05) is 29.8 Å². The summed E-state index contributed by atoms with van der Waals surface area (Å²) in [5.74, 6) is 3.86. The average Bonchev–Trinajstić information content (AvgIpc) is 2.81. The first-order valence-electron chi connectivity index (χ1n) is 10.9. The number of anilines is 1. The van der Waals surface area contributed by atoms with Crippen LogP contribution in [0.15, 0.2) is 70.4 Å².